The van der Waals surface area contributed by atoms with Crippen molar-refractivity contribution in [3.05, 3.63) is 0 Å². The summed E-state index contributed by atoms with van der Waals surface area (Å²) in [6.07, 6.45) is 5.27. The molecule has 0 aromatic rings. The molecule has 3 atom stereocenters. The first kappa shape index (κ1) is 17.2. The Morgan fingerprint density at radius 1 is 1.24 bits per heavy atom. The van der Waals surface area contributed by atoms with Gasteiger partial charge in [0.15, 0.2) is 0 Å². The summed E-state index contributed by atoms with van der Waals surface area (Å²) in [5.74, 6) is 1.72. The largest absolute Gasteiger partial charge is 0.382 e. The van der Waals surface area contributed by atoms with E-state index in [9.17, 15) is 0 Å². The van der Waals surface area contributed by atoms with Gasteiger partial charge < -0.3 is 14.8 Å². The van der Waals surface area contributed by atoms with Crippen molar-refractivity contribution < 1.29 is 9.47 Å². The molecule has 0 aromatic carbocycles. The van der Waals surface area contributed by atoms with Crippen LogP contribution in [0.4, 0.5) is 0 Å². The minimum atomic E-state index is 0.666. The zero-order valence-corrected chi connectivity index (χ0v) is 14.1. The molecule has 1 saturated heterocycles. The van der Waals surface area contributed by atoms with Gasteiger partial charge in [-0.1, -0.05) is 20.3 Å². The molecular formula is C17H34N2O2. The van der Waals surface area contributed by atoms with E-state index in [1.807, 2.05) is 0 Å². The first-order valence-corrected chi connectivity index (χ1v) is 8.80. The van der Waals surface area contributed by atoms with Crippen LogP contribution in [0.15, 0.2) is 0 Å². The van der Waals surface area contributed by atoms with Crippen molar-refractivity contribution in [3.63, 3.8) is 0 Å². The van der Waals surface area contributed by atoms with Gasteiger partial charge in [0, 0.05) is 45.4 Å². The Labute approximate surface area is 130 Å². The van der Waals surface area contributed by atoms with Crippen LogP contribution in [0.25, 0.3) is 0 Å². The summed E-state index contributed by atoms with van der Waals surface area (Å²) < 4.78 is 10.6. The maximum atomic E-state index is 5.60. The quantitative estimate of drug-likeness (QED) is 0.627. The topological polar surface area (TPSA) is 33.7 Å². The van der Waals surface area contributed by atoms with E-state index in [2.05, 4.69) is 24.1 Å². The van der Waals surface area contributed by atoms with Gasteiger partial charge in [-0.25, -0.2) is 0 Å². The van der Waals surface area contributed by atoms with Crippen LogP contribution in [0.1, 0.15) is 39.5 Å². The Kier molecular flexibility index (Phi) is 7.44. The van der Waals surface area contributed by atoms with E-state index in [1.165, 1.54) is 38.9 Å². The van der Waals surface area contributed by atoms with E-state index in [-0.39, 0.29) is 0 Å². The van der Waals surface area contributed by atoms with Crippen LogP contribution in [-0.2, 0) is 9.47 Å². The van der Waals surface area contributed by atoms with Crippen molar-refractivity contribution in [2.24, 2.45) is 11.8 Å². The molecule has 1 aliphatic heterocycles. The summed E-state index contributed by atoms with van der Waals surface area (Å²) in [5, 5.41) is 3.80. The highest BCUT2D eigenvalue weighted by Gasteiger charge is 2.39. The average Bonchev–Trinajstić information content (AvgIpc) is 3.34. The lowest BCUT2D eigenvalue weighted by Gasteiger charge is -2.42. The summed E-state index contributed by atoms with van der Waals surface area (Å²) in [5.41, 5.74) is 0. The Morgan fingerprint density at radius 2 is 2.05 bits per heavy atom. The van der Waals surface area contributed by atoms with Gasteiger partial charge in [-0.3, -0.25) is 4.90 Å². The lowest BCUT2D eigenvalue weighted by Crippen LogP contribution is -2.59. The van der Waals surface area contributed by atoms with Gasteiger partial charge in [-0.15, -0.1) is 0 Å². The molecule has 21 heavy (non-hydrogen) atoms. The van der Waals surface area contributed by atoms with Crippen molar-refractivity contribution in [2.75, 3.05) is 46.6 Å². The maximum absolute atomic E-state index is 5.60. The SMILES string of the molecule is CCC(C)C1CN(CCCOCCOC)C(C2CC2)CN1. The molecule has 1 heterocycles. The molecular weight excluding hydrogens is 264 g/mol. The number of nitrogens with one attached hydrogen (secondary N) is 1. The van der Waals surface area contributed by atoms with Crippen LogP contribution in [0, 0.1) is 11.8 Å². The second-order valence-corrected chi connectivity index (χ2v) is 6.76. The average molecular weight is 298 g/mol. The fourth-order valence-corrected chi connectivity index (χ4v) is 3.34. The smallest absolute Gasteiger partial charge is 0.0700 e. The van der Waals surface area contributed by atoms with E-state index in [4.69, 9.17) is 9.47 Å². The van der Waals surface area contributed by atoms with Crippen LogP contribution in [0.2, 0.25) is 0 Å². The number of hydrogen-bond donors (Lipinski definition) is 1. The third-order valence-electron chi connectivity index (χ3n) is 5.15. The van der Waals surface area contributed by atoms with E-state index in [0.717, 1.165) is 37.5 Å². The van der Waals surface area contributed by atoms with Crippen LogP contribution in [0.3, 0.4) is 0 Å². The predicted molar refractivity (Wildman–Crippen MR) is 86.6 cm³/mol. The molecule has 4 nitrogen and oxygen atoms in total. The molecule has 4 heteroatoms. The summed E-state index contributed by atoms with van der Waals surface area (Å²) in [6.45, 7) is 10.5. The summed E-state index contributed by atoms with van der Waals surface area (Å²) in [4.78, 5) is 2.74. The highest BCUT2D eigenvalue weighted by atomic mass is 16.5. The van der Waals surface area contributed by atoms with Gasteiger partial charge in [0.05, 0.1) is 13.2 Å². The third kappa shape index (κ3) is 5.51. The molecule has 0 aromatic heterocycles. The highest BCUT2D eigenvalue weighted by Crippen LogP contribution is 2.36. The molecule has 0 bridgehead atoms. The molecule has 0 radical (unpaired) electrons. The second kappa shape index (κ2) is 9.09. The van der Waals surface area contributed by atoms with Gasteiger partial charge >= 0.3 is 0 Å². The van der Waals surface area contributed by atoms with Crippen LogP contribution in [-0.4, -0.2) is 63.5 Å². The summed E-state index contributed by atoms with van der Waals surface area (Å²) >= 11 is 0. The minimum absolute atomic E-state index is 0.666. The molecule has 1 N–H and O–H groups in total. The van der Waals surface area contributed by atoms with Gasteiger partial charge in [-0.05, 0) is 31.1 Å². The molecule has 2 rings (SSSR count). The minimum Gasteiger partial charge on any atom is -0.382 e. The van der Waals surface area contributed by atoms with Crippen LogP contribution >= 0.6 is 0 Å². The molecule has 0 spiro atoms. The van der Waals surface area contributed by atoms with Crippen LogP contribution < -0.4 is 5.32 Å². The molecule has 2 aliphatic rings. The molecule has 1 saturated carbocycles. The highest BCUT2D eigenvalue weighted by molar-refractivity contribution is 4.95. The zero-order valence-electron chi connectivity index (χ0n) is 14.1. The monoisotopic (exact) mass is 298 g/mol. The van der Waals surface area contributed by atoms with Crippen molar-refractivity contribution >= 4 is 0 Å². The Hall–Kier alpha value is -0.160. The molecule has 3 unspecified atom stereocenters. The van der Waals surface area contributed by atoms with Crippen molar-refractivity contribution in [2.45, 2.75) is 51.6 Å². The number of nitrogens with zero attached hydrogens (tertiary/aromatic N) is 1. The van der Waals surface area contributed by atoms with Gasteiger partial charge in [0.2, 0.25) is 0 Å². The Bertz CT molecular complexity index is 284. The van der Waals surface area contributed by atoms with Crippen molar-refractivity contribution in [1.82, 2.24) is 10.2 Å². The molecule has 1 aliphatic carbocycles. The van der Waals surface area contributed by atoms with Gasteiger partial charge in [0.25, 0.3) is 0 Å². The first-order valence-electron chi connectivity index (χ1n) is 8.80. The number of rotatable bonds is 10. The standard InChI is InChI=1S/C17H34N2O2/c1-4-14(2)16-13-19(8-5-9-21-11-10-20-3)17(12-18-16)15-6-7-15/h14-18H,4-13H2,1-3H3. The number of ether oxygens (including phenoxy) is 2. The summed E-state index contributed by atoms with van der Waals surface area (Å²) in [6, 6.07) is 1.43. The molecule has 2 fully saturated rings. The van der Waals surface area contributed by atoms with Crippen molar-refractivity contribution in [3.8, 4) is 0 Å². The normalized spacial score (nSPS) is 28.7. The lowest BCUT2D eigenvalue weighted by molar-refractivity contribution is 0.0520. The van der Waals surface area contributed by atoms with Gasteiger partial charge in [-0.2, -0.15) is 0 Å². The van der Waals surface area contributed by atoms with Crippen molar-refractivity contribution in [1.29, 1.82) is 0 Å². The summed E-state index contributed by atoms with van der Waals surface area (Å²) in [7, 11) is 1.72. The Balaban J connectivity index is 1.72. The number of methoxy groups -OCH3 is 1. The first-order chi connectivity index (χ1) is 10.3. The third-order valence-corrected chi connectivity index (χ3v) is 5.15. The fraction of sp³-hybridized carbons (Fsp3) is 1.00. The fourth-order valence-electron chi connectivity index (χ4n) is 3.34. The predicted octanol–water partition coefficient (Wildman–Crippen LogP) is 2.14. The number of hydrogen-bond acceptors (Lipinski definition) is 4. The van der Waals surface area contributed by atoms with E-state index < -0.39 is 0 Å². The van der Waals surface area contributed by atoms with E-state index >= 15 is 0 Å². The Morgan fingerprint density at radius 3 is 2.71 bits per heavy atom. The second-order valence-electron chi connectivity index (χ2n) is 6.76. The van der Waals surface area contributed by atoms with E-state index in [1.54, 1.807) is 7.11 Å². The maximum Gasteiger partial charge on any atom is 0.0700 e. The molecule has 0 amide bonds. The number of piperazine rings is 1. The zero-order chi connectivity index (χ0) is 15.1. The molecule has 124 valence electrons. The van der Waals surface area contributed by atoms with Crippen LogP contribution in [0.5, 0.6) is 0 Å². The van der Waals surface area contributed by atoms with E-state index in [0.29, 0.717) is 12.6 Å². The van der Waals surface area contributed by atoms with Gasteiger partial charge in [0.1, 0.15) is 0 Å². The lowest BCUT2D eigenvalue weighted by atomic mass is 9.94.